The third-order valence-electron chi connectivity index (χ3n) is 8.79. The molecule has 7 rings (SSSR count). The van der Waals surface area contributed by atoms with E-state index in [0.29, 0.717) is 54.8 Å². The Morgan fingerprint density at radius 2 is 1.65 bits per heavy atom. The molecule has 1 atom stereocenters. The number of hydrogen-bond donors (Lipinski definition) is 2. The van der Waals surface area contributed by atoms with Crippen LogP contribution < -0.4 is 10.1 Å². The van der Waals surface area contributed by atoms with Crippen molar-refractivity contribution in [3.8, 4) is 17.2 Å². The Hall–Kier alpha value is -4.79. The van der Waals surface area contributed by atoms with Gasteiger partial charge in [0.15, 0.2) is 10.6 Å². The van der Waals surface area contributed by atoms with Gasteiger partial charge in [0, 0.05) is 38.8 Å². The second-order valence-corrected chi connectivity index (χ2v) is 13.5. The van der Waals surface area contributed by atoms with Gasteiger partial charge in [-0.1, -0.05) is 30.3 Å². The van der Waals surface area contributed by atoms with Crippen molar-refractivity contribution in [2.24, 2.45) is 0 Å². The third-order valence-corrected chi connectivity index (χ3v) is 10.7. The lowest BCUT2D eigenvalue weighted by Crippen LogP contribution is -2.50. The minimum atomic E-state index is -4.08. The number of fused-ring (bicyclic) bond motifs is 1. The lowest BCUT2D eigenvalue weighted by Gasteiger charge is -2.39. The van der Waals surface area contributed by atoms with Gasteiger partial charge in [-0.05, 0) is 67.1 Å². The van der Waals surface area contributed by atoms with Crippen LogP contribution >= 0.6 is 0 Å². The summed E-state index contributed by atoms with van der Waals surface area (Å²) < 4.78 is 35.6. The van der Waals surface area contributed by atoms with Crippen LogP contribution in [-0.2, 0) is 10.0 Å². The average molecular weight is 645 g/mol. The predicted octanol–water partition coefficient (Wildman–Crippen LogP) is 5.01. The van der Waals surface area contributed by atoms with Crippen molar-refractivity contribution in [1.29, 1.82) is 0 Å². The Labute approximate surface area is 265 Å². The normalized spacial score (nSPS) is 18.8. The zero-order valence-electron chi connectivity index (χ0n) is 24.8. The summed E-state index contributed by atoms with van der Waals surface area (Å²) >= 11 is 0. The Kier molecular flexibility index (Phi) is 7.71. The minimum absolute atomic E-state index is 0.0186. The van der Waals surface area contributed by atoms with E-state index in [9.17, 15) is 28.4 Å². The molecule has 3 aromatic carbocycles. The maximum absolute atomic E-state index is 13.4. The van der Waals surface area contributed by atoms with Crippen LogP contribution in [0.3, 0.4) is 0 Å². The molecule has 3 aliphatic rings. The van der Waals surface area contributed by atoms with E-state index in [2.05, 4.69) is 16.3 Å². The lowest BCUT2D eigenvalue weighted by atomic mass is 10.0. The number of para-hydroxylation sites is 2. The molecule has 1 saturated carbocycles. The minimum Gasteiger partial charge on any atom is -0.476 e. The van der Waals surface area contributed by atoms with Crippen molar-refractivity contribution in [3.63, 3.8) is 0 Å². The van der Waals surface area contributed by atoms with Crippen LogP contribution in [0.5, 0.6) is 11.5 Å². The number of nitrogens with one attached hydrogen (secondary N) is 1. The summed E-state index contributed by atoms with van der Waals surface area (Å²) in [5.74, 6) is 0.860. The molecule has 2 N–H and O–H groups in total. The van der Waals surface area contributed by atoms with Gasteiger partial charge in [-0.2, -0.15) is 9.40 Å². The van der Waals surface area contributed by atoms with Gasteiger partial charge in [-0.25, -0.2) is 17.9 Å². The van der Waals surface area contributed by atoms with Gasteiger partial charge in [0.25, 0.3) is 5.69 Å². The number of benzene rings is 3. The van der Waals surface area contributed by atoms with E-state index in [0.717, 1.165) is 18.6 Å². The second-order valence-electron chi connectivity index (χ2n) is 11.6. The van der Waals surface area contributed by atoms with E-state index >= 15 is 0 Å². The standard InChI is InChI=1S/C32H32N6O7S/c39-32(40)31-30-29(34-37(31)22-11-13-23(14-12-22)45-27-7-3-1-5-24(27)21-9-10-21)26(15-16-33-30)35-17-19-36(20-18-35)46(43,44)28-8-4-2-6-25(28)38(41)42/h1-8,11-14,21,26,33H,9-10,15-20H2,(H,39,40)/t26-/m1/s1. The highest BCUT2D eigenvalue weighted by molar-refractivity contribution is 7.89. The van der Waals surface area contributed by atoms with Gasteiger partial charge >= 0.3 is 5.97 Å². The molecule has 238 valence electrons. The number of nitro benzene ring substituents is 1. The number of carboxylic acid groups (broad SMARTS) is 1. The monoisotopic (exact) mass is 644 g/mol. The molecule has 0 amide bonds. The van der Waals surface area contributed by atoms with E-state index in [-0.39, 0.29) is 29.7 Å². The largest absolute Gasteiger partial charge is 0.476 e. The van der Waals surface area contributed by atoms with Crippen LogP contribution in [0.2, 0.25) is 0 Å². The topological polar surface area (TPSA) is 160 Å². The van der Waals surface area contributed by atoms with E-state index in [1.165, 1.54) is 38.8 Å². The Morgan fingerprint density at radius 3 is 2.35 bits per heavy atom. The molecule has 1 aliphatic carbocycles. The molecule has 0 radical (unpaired) electrons. The molecular formula is C32H32N6O7S. The van der Waals surface area contributed by atoms with Crippen molar-refractivity contribution >= 4 is 27.4 Å². The number of carbonyl (C=O) groups is 1. The fraction of sp³-hybridized carbons (Fsp3) is 0.312. The highest BCUT2D eigenvalue weighted by Gasteiger charge is 2.39. The molecule has 2 aliphatic heterocycles. The van der Waals surface area contributed by atoms with Gasteiger partial charge < -0.3 is 15.2 Å². The van der Waals surface area contributed by atoms with Gasteiger partial charge in [0.1, 0.15) is 17.2 Å². The van der Waals surface area contributed by atoms with Gasteiger partial charge in [-0.15, -0.1) is 0 Å². The molecule has 46 heavy (non-hydrogen) atoms. The highest BCUT2D eigenvalue weighted by atomic mass is 32.2. The van der Waals surface area contributed by atoms with Gasteiger partial charge in [-0.3, -0.25) is 15.0 Å². The first kappa shape index (κ1) is 29.9. The number of sulfonamides is 1. The summed E-state index contributed by atoms with van der Waals surface area (Å²) in [4.78, 5) is 25.1. The summed E-state index contributed by atoms with van der Waals surface area (Å²) in [6.45, 7) is 1.49. The summed E-state index contributed by atoms with van der Waals surface area (Å²) in [5.41, 5.74) is 2.34. The number of aromatic carboxylic acids is 1. The number of carboxylic acids is 1. The van der Waals surface area contributed by atoms with Crippen LogP contribution in [-0.4, -0.2) is 76.1 Å². The Bertz CT molecular complexity index is 1920. The maximum atomic E-state index is 13.4. The Balaban J connectivity index is 1.11. The van der Waals surface area contributed by atoms with E-state index in [1.807, 2.05) is 18.2 Å². The summed E-state index contributed by atoms with van der Waals surface area (Å²) in [7, 11) is -4.08. The second kappa shape index (κ2) is 11.9. The first-order chi connectivity index (χ1) is 22.2. The molecule has 3 heterocycles. The summed E-state index contributed by atoms with van der Waals surface area (Å²) in [6, 6.07) is 20.3. The average Bonchev–Trinajstić information content (AvgIpc) is 3.84. The first-order valence-corrected chi connectivity index (χ1v) is 16.6. The first-order valence-electron chi connectivity index (χ1n) is 15.2. The molecule has 2 fully saturated rings. The van der Waals surface area contributed by atoms with E-state index < -0.39 is 26.6 Å². The van der Waals surface area contributed by atoms with Crippen LogP contribution in [0.15, 0.2) is 77.7 Å². The molecular weight excluding hydrogens is 612 g/mol. The number of ether oxygens (including phenoxy) is 1. The van der Waals surface area contributed by atoms with Crippen molar-refractivity contribution in [3.05, 3.63) is 99.9 Å². The zero-order valence-corrected chi connectivity index (χ0v) is 25.6. The maximum Gasteiger partial charge on any atom is 0.356 e. The fourth-order valence-electron chi connectivity index (χ4n) is 6.36. The lowest BCUT2D eigenvalue weighted by molar-refractivity contribution is -0.387. The highest BCUT2D eigenvalue weighted by Crippen LogP contribution is 2.45. The van der Waals surface area contributed by atoms with Crippen LogP contribution in [0, 0.1) is 10.1 Å². The quantitative estimate of drug-likeness (QED) is 0.187. The third kappa shape index (κ3) is 5.48. The number of hydrogen-bond acceptors (Lipinski definition) is 9. The summed E-state index contributed by atoms with van der Waals surface area (Å²) in [5, 5.41) is 29.7. The number of anilines is 1. The van der Waals surface area contributed by atoms with Crippen LogP contribution in [0.4, 0.5) is 11.4 Å². The van der Waals surface area contributed by atoms with E-state index in [4.69, 9.17) is 9.84 Å². The summed E-state index contributed by atoms with van der Waals surface area (Å²) in [6.07, 6.45) is 2.96. The molecule has 0 bridgehead atoms. The smallest absolute Gasteiger partial charge is 0.356 e. The molecule has 4 aromatic rings. The van der Waals surface area contributed by atoms with E-state index in [1.54, 1.807) is 24.3 Å². The molecule has 0 spiro atoms. The number of nitro groups is 1. The number of nitrogens with zero attached hydrogens (tertiary/aromatic N) is 5. The molecule has 1 saturated heterocycles. The van der Waals surface area contributed by atoms with Crippen LogP contribution in [0.25, 0.3) is 5.69 Å². The molecule has 13 nitrogen and oxygen atoms in total. The molecule has 14 heteroatoms. The SMILES string of the molecule is O=C(O)c1c2c(nn1-c1ccc(Oc3ccccc3C3CC3)cc1)[C@H](N1CCN(S(=O)(=O)c3ccccc3[N+](=O)[O-])CC1)CCN2. The van der Waals surface area contributed by atoms with Crippen molar-refractivity contribution in [2.75, 3.05) is 38.0 Å². The predicted molar refractivity (Wildman–Crippen MR) is 168 cm³/mol. The molecule has 0 unspecified atom stereocenters. The van der Waals surface area contributed by atoms with Crippen molar-refractivity contribution < 1.29 is 28.0 Å². The van der Waals surface area contributed by atoms with Gasteiger partial charge in [0.05, 0.1) is 22.3 Å². The van der Waals surface area contributed by atoms with Crippen molar-refractivity contribution in [2.45, 2.75) is 36.1 Å². The zero-order chi connectivity index (χ0) is 32.0. The number of piperazine rings is 1. The van der Waals surface area contributed by atoms with Crippen molar-refractivity contribution in [1.82, 2.24) is 19.0 Å². The molecule has 1 aromatic heterocycles. The Morgan fingerprint density at radius 1 is 0.957 bits per heavy atom. The number of rotatable bonds is 9. The number of aromatic nitrogens is 2. The van der Waals surface area contributed by atoms with Gasteiger partial charge in [0.2, 0.25) is 10.0 Å². The fourth-order valence-corrected chi connectivity index (χ4v) is 7.94. The van der Waals surface area contributed by atoms with Crippen LogP contribution in [0.1, 0.15) is 53.0 Å².